The van der Waals surface area contributed by atoms with Gasteiger partial charge in [-0.05, 0) is 42.5 Å². The molecule has 1 saturated heterocycles. The van der Waals surface area contributed by atoms with Crippen LogP contribution in [-0.2, 0) is 14.3 Å². The van der Waals surface area contributed by atoms with Crippen molar-refractivity contribution < 1.29 is 43.2 Å². The maximum absolute atomic E-state index is 14.2. The summed E-state index contributed by atoms with van der Waals surface area (Å²) in [6.45, 7) is 0.658. The van der Waals surface area contributed by atoms with Gasteiger partial charge in [0.05, 0.1) is 12.6 Å². The van der Waals surface area contributed by atoms with Crippen LogP contribution in [0.15, 0.2) is 71.9 Å². The van der Waals surface area contributed by atoms with Gasteiger partial charge >= 0.3 is 10.2 Å². The van der Waals surface area contributed by atoms with Gasteiger partial charge in [-0.2, -0.15) is 5.26 Å². The zero-order valence-electron chi connectivity index (χ0n) is 23.0. The molecule has 3 heterocycles. The number of anilines is 2. The second kappa shape index (κ2) is 10.8. The van der Waals surface area contributed by atoms with Gasteiger partial charge in [-0.1, -0.05) is 25.5 Å². The molecule has 0 aliphatic carbocycles. The number of carbonyl (C=O) groups excluding carboxylic acids is 2. The summed E-state index contributed by atoms with van der Waals surface area (Å²) in [5, 5.41) is 12.4. The Morgan fingerprint density at radius 2 is 1.80 bits per heavy atom. The van der Waals surface area contributed by atoms with Crippen LogP contribution in [0.5, 0.6) is 11.5 Å². The van der Waals surface area contributed by atoms with Gasteiger partial charge in [0.15, 0.2) is 17.7 Å². The Balaban J connectivity index is 1.60. The number of hydrogen-bond acceptors (Lipinski definition) is 8. The Bertz CT molecular complexity index is 1610. The summed E-state index contributed by atoms with van der Waals surface area (Å²) < 4.78 is 84.1. The third-order valence-corrected chi connectivity index (χ3v) is 8.29. The minimum Gasteiger partial charge on any atom is -0.486 e. The Hall–Kier alpha value is -4.62. The third-order valence-electron chi connectivity index (χ3n) is 7.12. The highest BCUT2D eigenvalue weighted by Gasteiger charge is 2.65. The highest BCUT2D eigenvalue weighted by molar-refractivity contribution is 8.45. The van der Waals surface area contributed by atoms with Crippen molar-refractivity contribution in [3.8, 4) is 17.7 Å². The molecule has 1 fully saturated rings. The minimum absolute atomic E-state index is 0.0203. The van der Waals surface area contributed by atoms with Crippen molar-refractivity contribution in [2.24, 2.45) is 0 Å². The Kier molecular flexibility index (Phi) is 7.58. The average Bonchev–Trinajstić information content (AvgIpc) is 3.42. The van der Waals surface area contributed by atoms with E-state index in [1.54, 1.807) is 6.07 Å². The quantitative estimate of drug-likeness (QED) is 0.243. The first-order chi connectivity index (χ1) is 20.7. The lowest BCUT2D eigenvalue weighted by atomic mass is 10.0. The van der Waals surface area contributed by atoms with E-state index in [2.05, 4.69) is 10.3 Å². The van der Waals surface area contributed by atoms with E-state index in [1.807, 2.05) is 6.19 Å². The summed E-state index contributed by atoms with van der Waals surface area (Å²) in [5.41, 5.74) is 0.0961. The molecule has 2 amide bonds. The van der Waals surface area contributed by atoms with Crippen molar-refractivity contribution in [1.82, 2.24) is 9.88 Å². The van der Waals surface area contributed by atoms with Crippen LogP contribution in [0, 0.1) is 11.5 Å². The number of carbonyl (C=O) groups is 2. The highest BCUT2D eigenvalue weighted by Crippen LogP contribution is 3.02. The van der Waals surface area contributed by atoms with Gasteiger partial charge in [-0.3, -0.25) is 24.4 Å². The number of pyridine rings is 1. The number of halogens is 5. The molecule has 5 rings (SSSR count). The number of hydrogen-bond donors (Lipinski definition) is 1. The molecule has 3 atom stereocenters. The molecule has 1 N–H and O–H groups in total. The molecule has 2 aliphatic heterocycles. The van der Waals surface area contributed by atoms with Crippen molar-refractivity contribution in [3.05, 3.63) is 72.6 Å². The molecular weight excluding hydrogens is 613 g/mol. The van der Waals surface area contributed by atoms with Gasteiger partial charge < -0.3 is 19.5 Å². The molecule has 1 aromatic heterocycles. The number of rotatable bonds is 8. The molecule has 3 unspecified atom stereocenters. The van der Waals surface area contributed by atoms with Crippen LogP contribution in [0.25, 0.3) is 0 Å². The predicted molar refractivity (Wildman–Crippen MR) is 150 cm³/mol. The second-order valence-corrected chi connectivity index (χ2v) is 12.5. The number of amides is 2. The van der Waals surface area contributed by atoms with Gasteiger partial charge in [0, 0.05) is 48.9 Å². The molecule has 0 radical (unpaired) electrons. The van der Waals surface area contributed by atoms with E-state index in [9.17, 15) is 34.3 Å². The smallest absolute Gasteiger partial charge is 0.310 e. The average molecular weight is 640 g/mol. The van der Waals surface area contributed by atoms with E-state index in [0.29, 0.717) is 30.2 Å². The molecule has 3 aromatic rings. The van der Waals surface area contributed by atoms with Crippen LogP contribution >= 0.6 is 10.2 Å². The normalized spacial score (nSPS) is 20.1. The number of nitrogens with one attached hydrogen (secondary N) is 1. The Morgan fingerprint density at radius 1 is 1.09 bits per heavy atom. The summed E-state index contributed by atoms with van der Waals surface area (Å²) in [6, 6.07) is 6.49. The lowest BCUT2D eigenvalue weighted by Gasteiger charge is -2.41. The molecule has 2 aromatic carbocycles. The molecule has 0 spiro atoms. The van der Waals surface area contributed by atoms with Gasteiger partial charge in [-0.15, -0.1) is 0 Å². The van der Waals surface area contributed by atoms with Crippen LogP contribution in [0.2, 0.25) is 0 Å². The first kappa shape index (κ1) is 30.8. The van der Waals surface area contributed by atoms with E-state index in [-0.39, 0.29) is 48.6 Å². The van der Waals surface area contributed by atoms with Crippen molar-refractivity contribution in [1.29, 1.82) is 5.26 Å². The number of fused-ring (bicyclic) bond motifs is 1. The first-order valence-corrected chi connectivity index (χ1v) is 15.1. The van der Waals surface area contributed by atoms with E-state index >= 15 is 0 Å². The third kappa shape index (κ3) is 6.48. The SMILES string of the molecule is COC1CC(C(=O)N(c2ccc(S(F)(F)(F)(F)F)cc2)C(C(=O)Nc2ccc3c(c2)OCCO3)c2cccnc2)N(C#N)C1. The van der Waals surface area contributed by atoms with Gasteiger partial charge in [0.2, 0.25) is 0 Å². The highest BCUT2D eigenvalue weighted by atomic mass is 32.5. The fraction of sp³-hybridized carbons (Fsp3) is 0.286. The van der Waals surface area contributed by atoms with Crippen LogP contribution in [0.1, 0.15) is 18.0 Å². The largest absolute Gasteiger partial charge is 0.486 e. The zero-order chi connectivity index (χ0) is 31.8. The number of likely N-dealkylation sites (tertiary alicyclic amines) is 1. The van der Waals surface area contributed by atoms with Crippen LogP contribution in [0.4, 0.5) is 30.8 Å². The van der Waals surface area contributed by atoms with Crippen LogP contribution in [0.3, 0.4) is 0 Å². The van der Waals surface area contributed by atoms with E-state index in [0.717, 1.165) is 9.80 Å². The van der Waals surface area contributed by atoms with E-state index in [1.165, 1.54) is 43.8 Å². The second-order valence-electron chi connectivity index (χ2n) is 10.1. The number of nitriles is 1. The summed E-state index contributed by atoms with van der Waals surface area (Å²) >= 11 is 0. The van der Waals surface area contributed by atoms with Crippen molar-refractivity contribution in [3.63, 3.8) is 0 Å². The van der Waals surface area contributed by atoms with Crippen molar-refractivity contribution in [2.75, 3.05) is 37.1 Å². The first-order valence-electron chi connectivity index (χ1n) is 13.2. The van der Waals surface area contributed by atoms with Crippen molar-refractivity contribution in [2.45, 2.75) is 29.5 Å². The number of ether oxygens (including phenoxy) is 3. The molecule has 0 bridgehead atoms. The molecule has 234 valence electrons. The Labute approximate surface area is 248 Å². The number of nitrogens with zero attached hydrogens (tertiary/aromatic N) is 4. The lowest BCUT2D eigenvalue weighted by molar-refractivity contribution is -0.126. The minimum atomic E-state index is -10.1. The molecule has 10 nitrogen and oxygen atoms in total. The molecule has 0 saturated carbocycles. The van der Waals surface area contributed by atoms with Crippen LogP contribution in [-0.4, -0.2) is 60.7 Å². The molecule has 2 aliphatic rings. The summed E-state index contributed by atoms with van der Waals surface area (Å²) in [5.74, 6) is -0.862. The predicted octanol–water partition coefficient (Wildman–Crippen LogP) is 5.79. The molecule has 16 heteroatoms. The topological polar surface area (TPSA) is 117 Å². The number of benzene rings is 2. The fourth-order valence-electron chi connectivity index (χ4n) is 5.03. The summed E-state index contributed by atoms with van der Waals surface area (Å²) in [7, 11) is -8.66. The summed E-state index contributed by atoms with van der Waals surface area (Å²) in [4.78, 5) is 32.1. The van der Waals surface area contributed by atoms with E-state index in [4.69, 9.17) is 14.2 Å². The zero-order valence-corrected chi connectivity index (χ0v) is 23.9. The van der Waals surface area contributed by atoms with Gasteiger partial charge in [-0.25, -0.2) is 0 Å². The number of methoxy groups -OCH3 is 1. The standard InChI is InChI=1S/C28H26F5N5O5S/c1-41-21-14-23(37(16-21)17-34)28(40)38(20-5-7-22(8-6-20)44(29,30,31,32)33)26(18-3-2-10-35-15-18)27(39)36-19-4-9-24-25(13-19)43-12-11-42-24/h2-10,13,15,21,23,26H,11-12,14,16H2,1H3,(H,36,39). The van der Waals surface area contributed by atoms with E-state index < -0.39 is 45.1 Å². The monoisotopic (exact) mass is 639 g/mol. The van der Waals surface area contributed by atoms with Gasteiger partial charge in [0.25, 0.3) is 11.8 Å². The van der Waals surface area contributed by atoms with Gasteiger partial charge in [0.1, 0.15) is 30.2 Å². The molecular formula is C28H26F5N5O5S. The van der Waals surface area contributed by atoms with Crippen molar-refractivity contribution >= 4 is 33.4 Å². The fourth-order valence-corrected chi connectivity index (χ4v) is 5.68. The maximum Gasteiger partial charge on any atom is 0.310 e. The maximum atomic E-state index is 14.2. The summed E-state index contributed by atoms with van der Waals surface area (Å²) in [6.07, 6.45) is 4.08. The Morgan fingerprint density at radius 3 is 2.41 bits per heavy atom. The molecule has 44 heavy (non-hydrogen) atoms. The lowest BCUT2D eigenvalue weighted by Crippen LogP contribution is -2.49. The number of aromatic nitrogens is 1. The van der Waals surface area contributed by atoms with Crippen LogP contribution < -0.4 is 19.7 Å².